The number of hydrogen-bond acceptors (Lipinski definition) is 5. The van der Waals surface area contributed by atoms with E-state index < -0.39 is 43.7 Å². The van der Waals surface area contributed by atoms with Gasteiger partial charge in [-0.2, -0.15) is 17.0 Å². The van der Waals surface area contributed by atoms with Gasteiger partial charge in [-0.15, -0.1) is 0 Å². The monoisotopic (exact) mass is 498 g/mol. The van der Waals surface area contributed by atoms with Crippen molar-refractivity contribution in [2.45, 2.75) is 50.2 Å². The average molecular weight is 499 g/mol. The third-order valence-corrected chi connectivity index (χ3v) is 9.79. The maximum Gasteiger partial charge on any atom is 0.278 e. The molecule has 2 saturated heterocycles. The first-order valence-corrected chi connectivity index (χ1v) is 13.4. The van der Waals surface area contributed by atoms with Gasteiger partial charge >= 0.3 is 0 Å². The van der Waals surface area contributed by atoms with Crippen LogP contribution in [0, 0.1) is 23.4 Å². The fraction of sp³-hybridized carbons (Fsp3) is 0.684. The van der Waals surface area contributed by atoms with Gasteiger partial charge < -0.3 is 5.73 Å². The number of fused-ring (bicyclic) bond motifs is 2. The lowest BCUT2D eigenvalue weighted by Crippen LogP contribution is -2.51. The van der Waals surface area contributed by atoms with E-state index in [1.807, 2.05) is 0 Å². The van der Waals surface area contributed by atoms with Gasteiger partial charge in [0.1, 0.15) is 5.82 Å². The van der Waals surface area contributed by atoms with Gasteiger partial charge in [0.05, 0.1) is 5.75 Å². The minimum Gasteiger partial charge on any atom is -0.327 e. The molecule has 0 saturated carbocycles. The molecule has 0 spiro atoms. The van der Waals surface area contributed by atoms with Crippen molar-refractivity contribution in [2.75, 3.05) is 26.4 Å². The van der Waals surface area contributed by atoms with Gasteiger partial charge in [0, 0.05) is 44.8 Å². The highest BCUT2D eigenvalue weighted by Gasteiger charge is 2.47. The Labute approximate surface area is 187 Å². The van der Waals surface area contributed by atoms with Gasteiger partial charge in [0.25, 0.3) is 10.2 Å². The molecule has 3 N–H and O–H groups in total. The summed E-state index contributed by atoms with van der Waals surface area (Å²) in [4.78, 5) is 0. The maximum atomic E-state index is 14.0. The van der Waals surface area contributed by atoms with Crippen molar-refractivity contribution in [1.82, 2.24) is 13.3 Å². The Morgan fingerprint density at radius 2 is 1.62 bits per heavy atom. The molecule has 0 aliphatic carbocycles. The topological polar surface area (TPSA) is 113 Å². The second-order valence-corrected chi connectivity index (χ2v) is 12.6. The summed E-state index contributed by atoms with van der Waals surface area (Å²) in [7, 11) is -4.73. The fourth-order valence-electron chi connectivity index (χ4n) is 4.65. The van der Waals surface area contributed by atoms with E-state index >= 15 is 0 Å². The normalized spacial score (nSPS) is 25.4. The molecule has 8 nitrogen and oxygen atoms in total. The Morgan fingerprint density at radius 3 is 2.19 bits per heavy atom. The molecule has 2 fully saturated rings. The van der Waals surface area contributed by atoms with Crippen molar-refractivity contribution >= 4 is 20.2 Å². The predicted octanol–water partition coefficient (Wildman–Crippen LogP) is 0.943. The van der Waals surface area contributed by atoms with Crippen LogP contribution in [0.1, 0.15) is 31.2 Å². The second kappa shape index (κ2) is 9.55. The van der Waals surface area contributed by atoms with Crippen LogP contribution in [0.3, 0.4) is 0 Å². The fourth-order valence-corrected chi connectivity index (χ4v) is 7.26. The minimum atomic E-state index is -3.72. The van der Waals surface area contributed by atoms with Crippen molar-refractivity contribution in [3.63, 3.8) is 0 Å². The van der Waals surface area contributed by atoms with Crippen LogP contribution >= 0.6 is 0 Å². The average Bonchev–Trinajstić information content (AvgIpc) is 2.97. The lowest BCUT2D eigenvalue weighted by molar-refractivity contribution is 0.170. The molecule has 13 heteroatoms. The molecule has 182 valence electrons. The van der Waals surface area contributed by atoms with E-state index in [4.69, 9.17) is 5.73 Å². The number of nitrogens with one attached hydrogen (secondary N) is 1. The summed E-state index contributed by atoms with van der Waals surface area (Å²) in [5.41, 5.74) is 6.26. The number of piperidine rings is 1. The first-order valence-electron chi connectivity index (χ1n) is 10.4. The van der Waals surface area contributed by atoms with Crippen molar-refractivity contribution in [3.8, 4) is 0 Å². The summed E-state index contributed by atoms with van der Waals surface area (Å²) in [5.74, 6) is -3.71. The van der Waals surface area contributed by atoms with Crippen molar-refractivity contribution in [3.05, 3.63) is 35.1 Å². The highest BCUT2D eigenvalue weighted by atomic mass is 32.2. The van der Waals surface area contributed by atoms with Gasteiger partial charge in [-0.3, -0.25) is 0 Å². The summed E-state index contributed by atoms with van der Waals surface area (Å²) in [6.07, 6.45) is 2.30. The molecular weight excluding hydrogens is 469 g/mol. The highest BCUT2D eigenvalue weighted by molar-refractivity contribution is 7.89. The number of benzene rings is 1. The zero-order valence-electron chi connectivity index (χ0n) is 18.0. The van der Waals surface area contributed by atoms with Crippen molar-refractivity contribution in [1.29, 1.82) is 0 Å². The van der Waals surface area contributed by atoms with Crippen LogP contribution in [0.5, 0.6) is 0 Å². The molecule has 0 radical (unpaired) electrons. The van der Waals surface area contributed by atoms with Gasteiger partial charge in [-0.1, -0.05) is 0 Å². The molecule has 2 heterocycles. The van der Waals surface area contributed by atoms with Crippen LogP contribution in [0.2, 0.25) is 0 Å². The number of nitrogens with two attached hydrogens (primary N) is 1. The van der Waals surface area contributed by atoms with Crippen LogP contribution in [-0.4, -0.2) is 70.0 Å². The third kappa shape index (κ3) is 5.45. The van der Waals surface area contributed by atoms with Crippen LogP contribution in [0.25, 0.3) is 0 Å². The summed E-state index contributed by atoms with van der Waals surface area (Å²) < 4.78 is 94.7. The molecule has 2 bridgehead atoms. The zero-order chi connectivity index (χ0) is 23.8. The Hall–Kier alpha value is -1.25. The third-order valence-electron chi connectivity index (χ3n) is 6.30. The van der Waals surface area contributed by atoms with E-state index in [0.717, 1.165) is 10.4 Å². The first kappa shape index (κ1) is 25.4. The van der Waals surface area contributed by atoms with Gasteiger partial charge in [-0.05, 0) is 49.7 Å². The predicted molar refractivity (Wildman–Crippen MR) is 114 cm³/mol. The van der Waals surface area contributed by atoms with Gasteiger partial charge in [0.2, 0.25) is 10.0 Å². The molecule has 3 rings (SSSR count). The molecule has 4 atom stereocenters. The Bertz CT molecular complexity index is 1040. The number of halogens is 3. The number of nitrogens with zero attached hydrogens (tertiary/aromatic N) is 2. The summed E-state index contributed by atoms with van der Waals surface area (Å²) >= 11 is 0. The first-order chi connectivity index (χ1) is 14.8. The smallest absolute Gasteiger partial charge is 0.278 e. The molecule has 0 aromatic heterocycles. The second-order valence-electron chi connectivity index (χ2n) is 8.67. The Morgan fingerprint density at radius 1 is 1.06 bits per heavy atom. The summed E-state index contributed by atoms with van der Waals surface area (Å²) in [6.45, 7) is -0.239. The summed E-state index contributed by atoms with van der Waals surface area (Å²) in [6, 6.07) is 0.244. The standard InChI is InChI=1S/C19H29F3N4O4S2/c1-25(2)32(29,30)24-5-6-31(27,28)26-14-3-4-15(26)8-13(7-14)19(23)10-12-9-17(21)18(22)11-16(12)20/h9,11,13-15,19,24H,3-8,10,23H2,1-2H3/t13-,14-,15+,19-/m1/s1. The Balaban J connectivity index is 1.63. The van der Waals surface area contributed by atoms with Gasteiger partial charge in [0.15, 0.2) is 11.6 Å². The summed E-state index contributed by atoms with van der Waals surface area (Å²) in [5, 5.41) is 0. The van der Waals surface area contributed by atoms with E-state index in [0.29, 0.717) is 31.7 Å². The quantitative estimate of drug-likeness (QED) is 0.492. The largest absolute Gasteiger partial charge is 0.327 e. The zero-order valence-corrected chi connectivity index (χ0v) is 19.6. The highest BCUT2D eigenvalue weighted by Crippen LogP contribution is 2.42. The SMILES string of the molecule is CN(C)S(=O)(=O)NCCS(=O)(=O)N1[C@@H]2CC[C@H]1C[C@H]([C@H](N)Cc1cc(F)c(F)cc1F)C2. The molecule has 1 aromatic carbocycles. The lowest BCUT2D eigenvalue weighted by atomic mass is 9.83. The van der Waals surface area contributed by atoms with Gasteiger partial charge in [-0.25, -0.2) is 26.3 Å². The number of hydrogen-bond donors (Lipinski definition) is 2. The van der Waals surface area contributed by atoms with E-state index in [1.54, 1.807) is 0 Å². The van der Waals surface area contributed by atoms with Crippen molar-refractivity contribution < 1.29 is 30.0 Å². The van der Waals surface area contributed by atoms with Crippen LogP contribution in [0.4, 0.5) is 13.2 Å². The van der Waals surface area contributed by atoms with Crippen LogP contribution in [0.15, 0.2) is 12.1 Å². The van der Waals surface area contributed by atoms with E-state index in [-0.39, 0.29) is 42.3 Å². The van der Waals surface area contributed by atoms with E-state index in [9.17, 15) is 30.0 Å². The van der Waals surface area contributed by atoms with Crippen molar-refractivity contribution in [2.24, 2.45) is 11.7 Å². The molecule has 1 aromatic rings. The molecule has 2 aliphatic rings. The molecule has 0 amide bonds. The lowest BCUT2D eigenvalue weighted by Gasteiger charge is -2.40. The van der Waals surface area contributed by atoms with Crippen LogP contribution < -0.4 is 10.5 Å². The Kier molecular flexibility index (Phi) is 7.57. The molecular formula is C19H29F3N4O4S2. The number of rotatable bonds is 9. The molecule has 2 aliphatic heterocycles. The van der Waals surface area contributed by atoms with E-state index in [2.05, 4.69) is 4.72 Å². The number of sulfonamides is 1. The van der Waals surface area contributed by atoms with E-state index in [1.165, 1.54) is 18.4 Å². The van der Waals surface area contributed by atoms with Crippen LogP contribution in [-0.2, 0) is 26.7 Å². The maximum absolute atomic E-state index is 14.0. The molecule has 32 heavy (non-hydrogen) atoms. The minimum absolute atomic E-state index is 0.00743. The molecule has 0 unspecified atom stereocenters.